The summed E-state index contributed by atoms with van der Waals surface area (Å²) in [6, 6.07) is 12.7. The van der Waals surface area contributed by atoms with E-state index in [1.54, 1.807) is 0 Å². The van der Waals surface area contributed by atoms with Crippen molar-refractivity contribution in [2.45, 2.75) is 12.8 Å². The van der Waals surface area contributed by atoms with Crippen molar-refractivity contribution in [1.82, 2.24) is 0 Å². The Bertz CT molecular complexity index is 552. The Morgan fingerprint density at radius 1 is 1.00 bits per heavy atom. The fourth-order valence-electron chi connectivity index (χ4n) is 1.55. The predicted molar refractivity (Wildman–Crippen MR) is 67.2 cm³/mol. The third-order valence-corrected chi connectivity index (χ3v) is 2.82. The Labute approximate surface area is 113 Å². The van der Waals surface area contributed by atoms with Gasteiger partial charge in [0.2, 0.25) is 0 Å². The average Bonchev–Trinajstić information content (AvgIpc) is 2.37. The van der Waals surface area contributed by atoms with Gasteiger partial charge in [0, 0.05) is 0 Å². The van der Waals surface area contributed by atoms with Gasteiger partial charge in [-0.25, -0.2) is 0 Å². The maximum Gasteiger partial charge on any atom is 0.417 e. The van der Waals surface area contributed by atoms with Gasteiger partial charge in [-0.1, -0.05) is 41.9 Å². The summed E-state index contributed by atoms with van der Waals surface area (Å²) in [6.07, 6.45) is -4.48. The van der Waals surface area contributed by atoms with E-state index in [-0.39, 0.29) is 17.4 Å². The minimum Gasteiger partial charge on any atom is -0.489 e. The molecule has 0 fully saturated rings. The monoisotopic (exact) mass is 286 g/mol. The van der Waals surface area contributed by atoms with Crippen molar-refractivity contribution in [3.05, 3.63) is 64.7 Å². The average molecular weight is 287 g/mol. The van der Waals surface area contributed by atoms with E-state index in [4.69, 9.17) is 16.3 Å². The SMILES string of the molecule is FC(F)(F)c1cc(OCc2ccccc2)ccc1Cl. The molecule has 2 aromatic carbocycles. The quantitative estimate of drug-likeness (QED) is 0.777. The Morgan fingerprint density at radius 2 is 1.68 bits per heavy atom. The van der Waals surface area contributed by atoms with Gasteiger partial charge >= 0.3 is 6.18 Å². The summed E-state index contributed by atoms with van der Waals surface area (Å²) in [5.41, 5.74) is -0.00858. The summed E-state index contributed by atoms with van der Waals surface area (Å²) in [5, 5.41) is -0.334. The van der Waals surface area contributed by atoms with Crippen molar-refractivity contribution in [3.63, 3.8) is 0 Å². The number of halogens is 4. The van der Waals surface area contributed by atoms with E-state index in [2.05, 4.69) is 0 Å². The Morgan fingerprint density at radius 3 is 2.32 bits per heavy atom. The highest BCUT2D eigenvalue weighted by atomic mass is 35.5. The van der Waals surface area contributed by atoms with Crippen LogP contribution in [0.2, 0.25) is 5.02 Å². The van der Waals surface area contributed by atoms with Gasteiger partial charge in [0.25, 0.3) is 0 Å². The molecule has 0 radical (unpaired) electrons. The lowest BCUT2D eigenvalue weighted by atomic mass is 10.2. The lowest BCUT2D eigenvalue weighted by Gasteiger charge is -2.12. The smallest absolute Gasteiger partial charge is 0.417 e. The summed E-state index contributed by atoms with van der Waals surface area (Å²) in [6.45, 7) is 0.208. The van der Waals surface area contributed by atoms with Crippen LogP contribution in [-0.2, 0) is 12.8 Å². The van der Waals surface area contributed by atoms with Crippen LogP contribution in [0.4, 0.5) is 13.2 Å². The zero-order valence-corrected chi connectivity index (χ0v) is 10.5. The molecule has 0 saturated carbocycles. The predicted octanol–water partition coefficient (Wildman–Crippen LogP) is 4.94. The maximum atomic E-state index is 12.7. The molecule has 0 heterocycles. The molecular weight excluding hydrogens is 277 g/mol. The second-order valence-electron chi connectivity index (χ2n) is 3.91. The van der Waals surface area contributed by atoms with Crippen LogP contribution in [0.15, 0.2) is 48.5 Å². The summed E-state index contributed by atoms with van der Waals surface area (Å²) in [7, 11) is 0. The van der Waals surface area contributed by atoms with Crippen molar-refractivity contribution in [1.29, 1.82) is 0 Å². The molecule has 0 amide bonds. The minimum atomic E-state index is -4.48. The molecule has 0 spiro atoms. The van der Waals surface area contributed by atoms with Crippen molar-refractivity contribution in [2.75, 3.05) is 0 Å². The van der Waals surface area contributed by atoms with Crippen molar-refractivity contribution < 1.29 is 17.9 Å². The van der Waals surface area contributed by atoms with E-state index in [9.17, 15) is 13.2 Å². The molecule has 0 unspecified atom stereocenters. The normalized spacial score (nSPS) is 11.4. The highest BCUT2D eigenvalue weighted by Crippen LogP contribution is 2.36. The summed E-state index contributed by atoms with van der Waals surface area (Å²) < 4.78 is 43.3. The topological polar surface area (TPSA) is 9.23 Å². The van der Waals surface area contributed by atoms with Crippen molar-refractivity contribution in [2.24, 2.45) is 0 Å². The number of alkyl halides is 3. The zero-order valence-electron chi connectivity index (χ0n) is 9.75. The number of hydrogen-bond acceptors (Lipinski definition) is 1. The third-order valence-electron chi connectivity index (χ3n) is 2.49. The van der Waals surface area contributed by atoms with Crippen LogP contribution in [0.1, 0.15) is 11.1 Å². The first kappa shape index (κ1) is 13.7. The second kappa shape index (κ2) is 5.53. The van der Waals surface area contributed by atoms with Crippen LogP contribution in [0.25, 0.3) is 0 Å². The maximum absolute atomic E-state index is 12.7. The van der Waals surface area contributed by atoms with Gasteiger partial charge < -0.3 is 4.74 Å². The molecule has 0 aliphatic carbocycles. The van der Waals surface area contributed by atoms with Crippen LogP contribution >= 0.6 is 11.6 Å². The summed E-state index contributed by atoms with van der Waals surface area (Å²) in [5.74, 6) is 0.139. The fourth-order valence-corrected chi connectivity index (χ4v) is 1.78. The van der Waals surface area contributed by atoms with Crippen molar-refractivity contribution in [3.8, 4) is 5.75 Å². The molecule has 2 rings (SSSR count). The van der Waals surface area contributed by atoms with E-state index >= 15 is 0 Å². The zero-order chi connectivity index (χ0) is 13.9. The van der Waals surface area contributed by atoms with Gasteiger partial charge in [0.1, 0.15) is 12.4 Å². The third kappa shape index (κ3) is 3.64. The molecule has 2 aromatic rings. The van der Waals surface area contributed by atoms with Crippen molar-refractivity contribution >= 4 is 11.6 Å². The standard InChI is InChI=1S/C14H10ClF3O/c15-13-7-6-11(8-12(13)14(16,17)18)19-9-10-4-2-1-3-5-10/h1-8H,9H2. The molecule has 19 heavy (non-hydrogen) atoms. The van der Waals surface area contributed by atoms with E-state index in [1.165, 1.54) is 12.1 Å². The van der Waals surface area contributed by atoms with Gasteiger partial charge in [-0.05, 0) is 23.8 Å². The van der Waals surface area contributed by atoms with E-state index < -0.39 is 11.7 Å². The summed E-state index contributed by atoms with van der Waals surface area (Å²) in [4.78, 5) is 0. The van der Waals surface area contributed by atoms with Gasteiger partial charge in [-0.3, -0.25) is 0 Å². The van der Waals surface area contributed by atoms with Gasteiger partial charge in [-0.2, -0.15) is 13.2 Å². The van der Waals surface area contributed by atoms with E-state index in [0.717, 1.165) is 11.6 Å². The van der Waals surface area contributed by atoms with Crippen LogP contribution in [0.5, 0.6) is 5.75 Å². The molecule has 0 aromatic heterocycles. The first-order valence-corrected chi connectivity index (χ1v) is 5.88. The lowest BCUT2D eigenvalue weighted by molar-refractivity contribution is -0.137. The van der Waals surface area contributed by atoms with Gasteiger partial charge in [0.15, 0.2) is 0 Å². The Kier molecular flexibility index (Phi) is 4.00. The number of hydrogen-bond donors (Lipinski definition) is 0. The molecule has 0 aliphatic heterocycles. The molecular formula is C14H10ClF3O. The van der Waals surface area contributed by atoms with E-state index in [1.807, 2.05) is 30.3 Å². The van der Waals surface area contributed by atoms with Crippen LogP contribution in [0, 0.1) is 0 Å². The first-order valence-electron chi connectivity index (χ1n) is 5.50. The molecule has 0 atom stereocenters. The highest BCUT2D eigenvalue weighted by Gasteiger charge is 2.33. The number of rotatable bonds is 3. The molecule has 100 valence electrons. The minimum absolute atomic E-state index is 0.139. The fraction of sp³-hybridized carbons (Fsp3) is 0.143. The van der Waals surface area contributed by atoms with Crippen LogP contribution in [-0.4, -0.2) is 0 Å². The van der Waals surface area contributed by atoms with E-state index in [0.29, 0.717) is 0 Å². The lowest BCUT2D eigenvalue weighted by Crippen LogP contribution is -2.06. The van der Waals surface area contributed by atoms with Gasteiger partial charge in [-0.15, -0.1) is 0 Å². The first-order chi connectivity index (χ1) is 8.97. The Balaban J connectivity index is 2.14. The molecule has 1 nitrogen and oxygen atoms in total. The Hall–Kier alpha value is -1.68. The molecule has 0 saturated heterocycles. The number of benzene rings is 2. The molecule has 5 heteroatoms. The summed E-state index contributed by atoms with van der Waals surface area (Å²) >= 11 is 5.52. The highest BCUT2D eigenvalue weighted by molar-refractivity contribution is 6.31. The molecule has 0 bridgehead atoms. The molecule has 0 aliphatic rings. The second-order valence-corrected chi connectivity index (χ2v) is 4.32. The number of ether oxygens (including phenoxy) is 1. The molecule has 0 N–H and O–H groups in total. The van der Waals surface area contributed by atoms with Gasteiger partial charge in [0.05, 0.1) is 10.6 Å². The van der Waals surface area contributed by atoms with Crippen LogP contribution in [0.3, 0.4) is 0 Å². The van der Waals surface area contributed by atoms with Crippen LogP contribution < -0.4 is 4.74 Å². The largest absolute Gasteiger partial charge is 0.489 e.